The van der Waals surface area contributed by atoms with E-state index in [1.54, 1.807) is 0 Å². The Kier molecular flexibility index (Phi) is 8.06. The van der Waals surface area contributed by atoms with Gasteiger partial charge in [-0.05, 0) is 43.6 Å². The third-order valence-corrected chi connectivity index (χ3v) is 6.62. The zero-order valence-electron chi connectivity index (χ0n) is 17.2. The number of carbonyl (C=O) groups excluding carboxylic acids is 3. The molecule has 8 heteroatoms. The number of hydrogen-bond donors (Lipinski definition) is 2. The molecule has 0 aromatic carbocycles. The maximum Gasteiger partial charge on any atom is 0.263 e. The second-order valence-corrected chi connectivity index (χ2v) is 8.90. The first kappa shape index (κ1) is 21.8. The fourth-order valence-corrected chi connectivity index (χ4v) is 4.67. The van der Waals surface area contributed by atoms with Crippen LogP contribution in [0.4, 0.5) is 0 Å². The van der Waals surface area contributed by atoms with E-state index in [-0.39, 0.29) is 29.7 Å². The van der Waals surface area contributed by atoms with E-state index in [9.17, 15) is 14.4 Å². The number of rotatable bonds is 7. The predicted molar refractivity (Wildman–Crippen MR) is 114 cm³/mol. The molecule has 0 radical (unpaired) electrons. The lowest BCUT2D eigenvalue weighted by Crippen LogP contribution is -2.50. The molecule has 0 spiro atoms. The molecular formula is C21H32N4O3S. The van der Waals surface area contributed by atoms with Gasteiger partial charge in [0.1, 0.15) is 0 Å². The molecule has 0 unspecified atom stereocenters. The summed E-state index contributed by atoms with van der Waals surface area (Å²) in [6.07, 6.45) is 4.14. The molecule has 0 aliphatic carbocycles. The Morgan fingerprint density at radius 3 is 2.45 bits per heavy atom. The van der Waals surface area contributed by atoms with E-state index >= 15 is 0 Å². The molecule has 2 fully saturated rings. The number of thiophene rings is 1. The second-order valence-electron chi connectivity index (χ2n) is 7.95. The molecule has 0 saturated carbocycles. The van der Waals surface area contributed by atoms with Gasteiger partial charge in [0.25, 0.3) is 5.91 Å². The highest BCUT2D eigenvalue weighted by atomic mass is 32.1. The zero-order valence-corrected chi connectivity index (χ0v) is 18.0. The zero-order chi connectivity index (χ0) is 20.6. The highest BCUT2D eigenvalue weighted by molar-refractivity contribution is 7.12. The van der Waals surface area contributed by atoms with Gasteiger partial charge >= 0.3 is 0 Å². The van der Waals surface area contributed by atoms with Gasteiger partial charge in [0, 0.05) is 44.7 Å². The van der Waals surface area contributed by atoms with Gasteiger partial charge in [-0.15, -0.1) is 11.3 Å². The number of amides is 3. The number of hydrogen-bond acceptors (Lipinski definition) is 5. The van der Waals surface area contributed by atoms with Gasteiger partial charge in [0.15, 0.2) is 0 Å². The highest BCUT2D eigenvalue weighted by Crippen LogP contribution is 2.21. The van der Waals surface area contributed by atoms with Crippen molar-refractivity contribution in [2.45, 2.75) is 45.1 Å². The maximum absolute atomic E-state index is 12.7. The van der Waals surface area contributed by atoms with Crippen molar-refractivity contribution < 1.29 is 14.4 Å². The fraction of sp³-hybridized carbons (Fsp3) is 0.667. The molecule has 2 aliphatic rings. The Hall–Kier alpha value is -1.93. The lowest BCUT2D eigenvalue weighted by molar-refractivity contribution is -0.128. The van der Waals surface area contributed by atoms with Gasteiger partial charge in [0.05, 0.1) is 11.4 Å². The Bertz CT molecular complexity index is 678. The van der Waals surface area contributed by atoms with Crippen LogP contribution in [0.2, 0.25) is 0 Å². The van der Waals surface area contributed by atoms with Crippen LogP contribution >= 0.6 is 11.3 Å². The summed E-state index contributed by atoms with van der Waals surface area (Å²) in [5.41, 5.74) is 0. The van der Waals surface area contributed by atoms with Gasteiger partial charge in [-0.1, -0.05) is 13.0 Å². The summed E-state index contributed by atoms with van der Waals surface area (Å²) < 4.78 is 0. The van der Waals surface area contributed by atoms with Crippen LogP contribution in [0.3, 0.4) is 0 Å². The smallest absolute Gasteiger partial charge is 0.263 e. The van der Waals surface area contributed by atoms with Crippen molar-refractivity contribution in [3.8, 4) is 0 Å². The normalized spacial score (nSPS) is 19.1. The summed E-state index contributed by atoms with van der Waals surface area (Å²) in [4.78, 5) is 41.7. The summed E-state index contributed by atoms with van der Waals surface area (Å²) in [5.74, 6) is 0.264. The molecule has 2 aliphatic heterocycles. The van der Waals surface area contributed by atoms with Crippen LogP contribution in [-0.4, -0.2) is 72.8 Å². The Morgan fingerprint density at radius 2 is 1.83 bits per heavy atom. The molecule has 2 N–H and O–H groups in total. The van der Waals surface area contributed by atoms with E-state index in [0.29, 0.717) is 19.6 Å². The molecule has 3 rings (SSSR count). The lowest BCUT2D eigenvalue weighted by atomic mass is 9.94. The van der Waals surface area contributed by atoms with Gasteiger partial charge < -0.3 is 15.5 Å². The van der Waals surface area contributed by atoms with Crippen molar-refractivity contribution in [1.82, 2.24) is 20.4 Å². The molecule has 1 aromatic rings. The largest absolute Gasteiger partial charge is 0.355 e. The molecule has 29 heavy (non-hydrogen) atoms. The maximum atomic E-state index is 12.7. The van der Waals surface area contributed by atoms with E-state index in [4.69, 9.17) is 0 Å². The minimum absolute atomic E-state index is 0.0137. The minimum atomic E-state index is -0.0137. The SMILES string of the molecule is CCCNC(=O)CN1CCC(NC(=O)C2CCN(C(=O)c3cccs3)CC2)CC1. The Balaban J connectivity index is 1.35. The third-order valence-electron chi connectivity index (χ3n) is 5.76. The molecule has 160 valence electrons. The quantitative estimate of drug-likeness (QED) is 0.704. The van der Waals surface area contributed by atoms with Crippen molar-refractivity contribution in [1.29, 1.82) is 0 Å². The summed E-state index contributed by atoms with van der Waals surface area (Å²) in [6, 6.07) is 3.93. The van der Waals surface area contributed by atoms with Gasteiger partial charge in [-0.3, -0.25) is 19.3 Å². The fourth-order valence-electron chi connectivity index (χ4n) is 3.98. The second kappa shape index (κ2) is 10.7. The average Bonchev–Trinajstić information content (AvgIpc) is 3.28. The number of nitrogens with one attached hydrogen (secondary N) is 2. The number of carbonyl (C=O) groups is 3. The topological polar surface area (TPSA) is 81.8 Å². The summed E-state index contributed by atoms with van der Waals surface area (Å²) >= 11 is 1.46. The van der Waals surface area contributed by atoms with E-state index in [1.807, 2.05) is 29.3 Å². The summed E-state index contributed by atoms with van der Waals surface area (Å²) in [7, 11) is 0. The van der Waals surface area contributed by atoms with E-state index < -0.39 is 0 Å². The van der Waals surface area contributed by atoms with Crippen molar-refractivity contribution in [3.05, 3.63) is 22.4 Å². The van der Waals surface area contributed by atoms with E-state index in [2.05, 4.69) is 15.5 Å². The Morgan fingerprint density at radius 1 is 1.10 bits per heavy atom. The van der Waals surface area contributed by atoms with Crippen LogP contribution in [-0.2, 0) is 9.59 Å². The molecule has 2 saturated heterocycles. The molecule has 3 amide bonds. The third kappa shape index (κ3) is 6.27. The van der Waals surface area contributed by atoms with E-state index in [0.717, 1.165) is 56.6 Å². The molecule has 1 aromatic heterocycles. The lowest BCUT2D eigenvalue weighted by Gasteiger charge is -2.34. The van der Waals surface area contributed by atoms with Crippen molar-refractivity contribution in [2.24, 2.45) is 5.92 Å². The number of likely N-dealkylation sites (tertiary alicyclic amines) is 2. The molecule has 0 atom stereocenters. The standard InChI is InChI=1S/C21H32N4O3S/c1-2-9-22-19(26)15-24-10-7-17(8-11-24)23-20(27)16-5-12-25(13-6-16)21(28)18-4-3-14-29-18/h3-4,14,16-17H,2,5-13,15H2,1H3,(H,22,26)(H,23,27). The van der Waals surface area contributed by atoms with Crippen molar-refractivity contribution >= 4 is 29.1 Å². The molecule has 7 nitrogen and oxygen atoms in total. The van der Waals surface area contributed by atoms with Gasteiger partial charge in [-0.25, -0.2) is 0 Å². The molecular weight excluding hydrogens is 388 g/mol. The van der Waals surface area contributed by atoms with Crippen LogP contribution in [0.5, 0.6) is 0 Å². The summed E-state index contributed by atoms with van der Waals surface area (Å²) in [5, 5.41) is 8.02. The van der Waals surface area contributed by atoms with Crippen molar-refractivity contribution in [3.63, 3.8) is 0 Å². The van der Waals surface area contributed by atoms with Crippen LogP contribution in [0.15, 0.2) is 17.5 Å². The highest BCUT2D eigenvalue weighted by Gasteiger charge is 2.30. The number of nitrogens with zero attached hydrogens (tertiary/aromatic N) is 2. The molecule has 0 bridgehead atoms. The predicted octanol–water partition coefficient (Wildman–Crippen LogP) is 1.71. The molecule has 3 heterocycles. The van der Waals surface area contributed by atoms with Crippen LogP contribution in [0.25, 0.3) is 0 Å². The van der Waals surface area contributed by atoms with Gasteiger partial charge in [0.2, 0.25) is 11.8 Å². The first-order valence-electron chi connectivity index (χ1n) is 10.7. The van der Waals surface area contributed by atoms with Crippen LogP contribution in [0.1, 0.15) is 48.7 Å². The van der Waals surface area contributed by atoms with Crippen molar-refractivity contribution in [2.75, 3.05) is 39.3 Å². The first-order valence-corrected chi connectivity index (χ1v) is 11.6. The van der Waals surface area contributed by atoms with E-state index in [1.165, 1.54) is 11.3 Å². The summed E-state index contributed by atoms with van der Waals surface area (Å²) in [6.45, 7) is 6.15. The Labute approximate surface area is 176 Å². The monoisotopic (exact) mass is 420 g/mol. The van der Waals surface area contributed by atoms with Gasteiger partial charge in [-0.2, -0.15) is 0 Å². The van der Waals surface area contributed by atoms with Crippen LogP contribution in [0, 0.1) is 5.92 Å². The number of piperidine rings is 2. The average molecular weight is 421 g/mol. The first-order chi connectivity index (χ1) is 14.1. The minimum Gasteiger partial charge on any atom is -0.355 e. The van der Waals surface area contributed by atoms with Crippen LogP contribution < -0.4 is 10.6 Å².